The van der Waals surface area contributed by atoms with Gasteiger partial charge in [0, 0.05) is 17.7 Å². The molecule has 0 aliphatic carbocycles. The second-order valence-corrected chi connectivity index (χ2v) is 10.1. The Morgan fingerprint density at radius 3 is 2.17 bits per heavy atom. The van der Waals surface area contributed by atoms with Crippen LogP contribution in [0, 0.1) is 0 Å². The average Bonchev–Trinajstić information content (AvgIpc) is 2.95. The third-order valence-corrected chi connectivity index (χ3v) is 7.21. The van der Waals surface area contributed by atoms with Gasteiger partial charge in [-0.05, 0) is 31.2 Å². The molecule has 10 atom stereocenters. The topological polar surface area (TPSA) is 249 Å². The van der Waals surface area contributed by atoms with Crippen molar-refractivity contribution >= 4 is 11.0 Å². The Kier molecular flexibility index (Phi) is 8.30. The Hall–Kier alpha value is -3.51. The van der Waals surface area contributed by atoms with Gasteiger partial charge < -0.3 is 69.3 Å². The van der Waals surface area contributed by atoms with E-state index >= 15 is 0 Å². The van der Waals surface area contributed by atoms with Crippen LogP contribution < -0.4 is 10.2 Å². The monoisotopic (exact) mass is 594 g/mol. The fourth-order valence-corrected chi connectivity index (χ4v) is 4.87. The minimum atomic E-state index is -1.87. The Morgan fingerprint density at radius 1 is 0.810 bits per heavy atom. The molecule has 9 N–H and O–H groups in total. The van der Waals surface area contributed by atoms with E-state index < -0.39 is 96.1 Å². The van der Waals surface area contributed by atoms with Crippen molar-refractivity contribution in [1.82, 2.24) is 0 Å². The highest BCUT2D eigenvalue weighted by Crippen LogP contribution is 2.38. The maximum Gasteiger partial charge on any atom is 0.239 e. The van der Waals surface area contributed by atoms with Gasteiger partial charge in [-0.1, -0.05) is 0 Å². The van der Waals surface area contributed by atoms with Gasteiger partial charge in [0.15, 0.2) is 18.2 Å². The molecule has 5 unspecified atom stereocenters. The van der Waals surface area contributed by atoms with Gasteiger partial charge in [0.2, 0.25) is 17.5 Å². The predicted octanol–water partition coefficient (Wildman–Crippen LogP) is -1.39. The van der Waals surface area contributed by atoms with Crippen LogP contribution in [0.3, 0.4) is 0 Å². The number of benzene rings is 2. The molecule has 0 amide bonds. The zero-order chi connectivity index (χ0) is 30.5. The van der Waals surface area contributed by atoms with Crippen LogP contribution in [0.4, 0.5) is 0 Å². The highest BCUT2D eigenvalue weighted by atomic mass is 16.8. The normalized spacial score (nSPS) is 33.5. The Morgan fingerprint density at radius 2 is 1.50 bits per heavy atom. The number of rotatable bonds is 6. The number of phenols is 3. The van der Waals surface area contributed by atoms with Crippen LogP contribution in [0.1, 0.15) is 6.92 Å². The summed E-state index contributed by atoms with van der Waals surface area (Å²) in [4.78, 5) is 13.7. The Bertz CT molecular complexity index is 1470. The van der Waals surface area contributed by atoms with Gasteiger partial charge in [0.25, 0.3) is 0 Å². The minimum Gasteiger partial charge on any atom is -0.508 e. The summed E-state index contributed by atoms with van der Waals surface area (Å²) in [6.45, 7) is 0.593. The molecule has 0 bridgehead atoms. The van der Waals surface area contributed by atoms with E-state index in [0.29, 0.717) is 0 Å². The fraction of sp³-hybridized carbons (Fsp3) is 0.444. The van der Waals surface area contributed by atoms with Crippen LogP contribution in [0.25, 0.3) is 22.3 Å². The second-order valence-electron chi connectivity index (χ2n) is 10.1. The van der Waals surface area contributed by atoms with Crippen molar-refractivity contribution in [1.29, 1.82) is 0 Å². The largest absolute Gasteiger partial charge is 0.508 e. The quantitative estimate of drug-likeness (QED) is 0.159. The molecule has 228 valence electrons. The number of hydrogen-bond acceptors (Lipinski definition) is 15. The van der Waals surface area contributed by atoms with E-state index in [4.69, 9.17) is 23.4 Å². The Labute approximate surface area is 236 Å². The van der Waals surface area contributed by atoms with Crippen LogP contribution in [0.15, 0.2) is 45.6 Å². The van der Waals surface area contributed by atoms with E-state index in [-0.39, 0.29) is 22.7 Å². The Balaban J connectivity index is 1.60. The van der Waals surface area contributed by atoms with E-state index in [0.717, 1.165) is 12.1 Å². The highest BCUT2D eigenvalue weighted by molar-refractivity contribution is 5.88. The molecule has 1 aromatic heterocycles. The van der Waals surface area contributed by atoms with E-state index in [1.54, 1.807) is 0 Å². The van der Waals surface area contributed by atoms with E-state index in [9.17, 15) is 50.8 Å². The average molecular weight is 595 g/mol. The number of phenolic OH excluding ortho intramolecular Hbond substituents is 3. The van der Waals surface area contributed by atoms with Gasteiger partial charge in [0.05, 0.1) is 12.7 Å². The summed E-state index contributed by atoms with van der Waals surface area (Å²) in [6.07, 6.45) is -16.3. The lowest BCUT2D eigenvalue weighted by Crippen LogP contribution is -2.64. The number of hydrogen-bond donors (Lipinski definition) is 9. The van der Waals surface area contributed by atoms with E-state index in [2.05, 4.69) is 0 Å². The lowest BCUT2D eigenvalue weighted by Gasteiger charge is -2.45. The summed E-state index contributed by atoms with van der Waals surface area (Å²) >= 11 is 0. The number of fused-ring (bicyclic) bond motifs is 1. The summed E-state index contributed by atoms with van der Waals surface area (Å²) in [6, 6.07) is 7.31. The van der Waals surface area contributed by atoms with Crippen molar-refractivity contribution in [2.45, 2.75) is 68.3 Å². The maximum absolute atomic E-state index is 13.7. The summed E-state index contributed by atoms with van der Waals surface area (Å²) in [5, 5.41) is 91.6. The molecule has 2 aliphatic rings. The van der Waals surface area contributed by atoms with Gasteiger partial charge in [-0.25, -0.2) is 0 Å². The number of ether oxygens (including phenoxy) is 4. The van der Waals surface area contributed by atoms with Crippen LogP contribution in [-0.2, 0) is 14.2 Å². The summed E-state index contributed by atoms with van der Waals surface area (Å²) in [7, 11) is 0. The lowest BCUT2D eigenvalue weighted by molar-refractivity contribution is -0.354. The second kappa shape index (κ2) is 11.6. The molecule has 15 nitrogen and oxygen atoms in total. The molecule has 2 fully saturated rings. The number of aliphatic hydroxyl groups excluding tert-OH is 6. The number of aromatic hydroxyl groups is 3. The van der Waals surface area contributed by atoms with Crippen molar-refractivity contribution in [2.75, 3.05) is 6.61 Å². The van der Waals surface area contributed by atoms with Crippen LogP contribution in [0.2, 0.25) is 0 Å². The standard InChI is InChI=1S/C27H30O15/c1-9-17(32)20(35)22(37)26(38-9)42-25-21(36)18(33)15(8-28)40-27(25)41-24-19(34)16-13(31)6-12(30)7-14(16)39-23(24)10-2-4-11(29)5-3-10/h2-7,9,15,17-18,20-22,25-33,35-37H,8H2,1H3/t9?,15?,17-,18+,20?,21?,22-,25?,26-,27-/m0/s1. The summed E-state index contributed by atoms with van der Waals surface area (Å²) in [5.74, 6) is -2.03. The zero-order valence-electron chi connectivity index (χ0n) is 21.9. The van der Waals surface area contributed by atoms with E-state index in [1.165, 1.54) is 31.2 Å². The van der Waals surface area contributed by atoms with Gasteiger partial charge in [0.1, 0.15) is 64.8 Å². The van der Waals surface area contributed by atoms with Crippen molar-refractivity contribution in [3.63, 3.8) is 0 Å². The molecule has 0 radical (unpaired) electrons. The molecule has 0 saturated carbocycles. The summed E-state index contributed by atoms with van der Waals surface area (Å²) < 4.78 is 28.5. The molecule has 2 aliphatic heterocycles. The number of aliphatic hydroxyl groups is 6. The first-order valence-electron chi connectivity index (χ1n) is 12.9. The molecular weight excluding hydrogens is 564 g/mol. The molecule has 15 heteroatoms. The molecule has 2 saturated heterocycles. The highest BCUT2D eigenvalue weighted by Gasteiger charge is 2.51. The van der Waals surface area contributed by atoms with Gasteiger partial charge in [-0.15, -0.1) is 0 Å². The summed E-state index contributed by atoms with van der Waals surface area (Å²) in [5.41, 5.74) is -0.995. The molecule has 2 aromatic carbocycles. The third kappa shape index (κ3) is 5.37. The minimum absolute atomic E-state index is 0.112. The third-order valence-electron chi connectivity index (χ3n) is 7.21. The van der Waals surface area contributed by atoms with Gasteiger partial charge >= 0.3 is 0 Å². The zero-order valence-corrected chi connectivity index (χ0v) is 21.9. The lowest BCUT2D eigenvalue weighted by atomic mass is 9.97. The van der Waals surface area contributed by atoms with Gasteiger partial charge in [-0.2, -0.15) is 0 Å². The maximum atomic E-state index is 13.7. The molecule has 5 rings (SSSR count). The van der Waals surface area contributed by atoms with E-state index in [1.807, 2.05) is 0 Å². The molecular formula is C27H30O15. The molecule has 3 heterocycles. The first kappa shape index (κ1) is 30.0. The smallest absolute Gasteiger partial charge is 0.239 e. The van der Waals surface area contributed by atoms with Crippen molar-refractivity contribution in [3.05, 3.63) is 46.6 Å². The molecule has 42 heavy (non-hydrogen) atoms. The van der Waals surface area contributed by atoms with Crippen LogP contribution >= 0.6 is 0 Å². The van der Waals surface area contributed by atoms with Gasteiger partial charge in [-0.3, -0.25) is 4.79 Å². The molecule has 3 aromatic rings. The van der Waals surface area contributed by atoms with Crippen molar-refractivity contribution in [3.8, 4) is 34.3 Å². The van der Waals surface area contributed by atoms with Crippen molar-refractivity contribution < 1.29 is 69.3 Å². The first-order chi connectivity index (χ1) is 19.9. The molecule has 0 spiro atoms. The van der Waals surface area contributed by atoms with Crippen LogP contribution in [0.5, 0.6) is 23.0 Å². The van der Waals surface area contributed by atoms with Crippen LogP contribution in [-0.4, -0.2) is 114 Å². The SMILES string of the molecule is CC1O[C@@H](OC2C(O)[C@H](O)C(CO)O[C@H]2Oc2c(-c3ccc(O)cc3)oc3cc(O)cc(O)c3c2=O)[C@@H](O)C(O)[C@H]1O. The predicted molar refractivity (Wildman–Crippen MR) is 139 cm³/mol. The fourth-order valence-electron chi connectivity index (χ4n) is 4.87. The first-order valence-corrected chi connectivity index (χ1v) is 12.9. The van der Waals surface area contributed by atoms with Crippen molar-refractivity contribution in [2.24, 2.45) is 0 Å².